The molecule has 0 spiro atoms. The second kappa shape index (κ2) is 12.3. The molecule has 9 heteroatoms. The molecule has 0 aliphatic rings. The number of aromatic nitrogens is 2. The normalized spacial score (nSPS) is 12.0. The van der Waals surface area contributed by atoms with Crippen LogP contribution in [0.5, 0.6) is 5.88 Å². The zero-order chi connectivity index (χ0) is 22.6. The maximum absolute atomic E-state index is 10.00. The fraction of sp³-hybridized carbons (Fsp3) is 0.333. The van der Waals surface area contributed by atoms with E-state index in [9.17, 15) is 14.7 Å². The topological polar surface area (TPSA) is 142 Å². The molecule has 0 saturated carbocycles. The summed E-state index contributed by atoms with van der Waals surface area (Å²) >= 11 is 0. The van der Waals surface area contributed by atoms with Gasteiger partial charge in [0.05, 0.1) is 0 Å². The van der Waals surface area contributed by atoms with E-state index in [-0.39, 0.29) is 12.1 Å². The Morgan fingerprint density at radius 3 is 2.17 bits per heavy atom. The summed E-state index contributed by atoms with van der Waals surface area (Å²) in [6, 6.07) is 9.73. The van der Waals surface area contributed by atoms with Gasteiger partial charge in [0, 0.05) is 42.2 Å². The minimum Gasteiger partial charge on any atom is -0.478 e. The molecule has 1 atom stereocenters. The molecule has 0 amide bonds. The molecule has 30 heavy (non-hydrogen) atoms. The number of aliphatic hydroxyl groups excluding tert-OH is 1. The average molecular weight is 417 g/mol. The largest absolute Gasteiger partial charge is 0.478 e. The molecule has 1 heterocycles. The van der Waals surface area contributed by atoms with Gasteiger partial charge >= 0.3 is 11.9 Å². The van der Waals surface area contributed by atoms with Crippen molar-refractivity contribution in [1.29, 1.82) is 0 Å². The number of carboxylic acid groups (broad SMARTS) is 2. The molecule has 0 aliphatic carbocycles. The van der Waals surface area contributed by atoms with E-state index in [1.807, 2.05) is 30.3 Å². The molecule has 4 N–H and O–H groups in total. The van der Waals surface area contributed by atoms with E-state index in [0.29, 0.717) is 30.3 Å². The summed E-state index contributed by atoms with van der Waals surface area (Å²) in [5.74, 6) is -2.08. The van der Waals surface area contributed by atoms with Gasteiger partial charge in [0.25, 0.3) is 0 Å². The number of nitrogens with zero attached hydrogens (tertiary/aromatic N) is 2. The molecular weight excluding hydrogens is 390 g/mol. The minimum atomic E-state index is -1.26. The van der Waals surface area contributed by atoms with Crippen molar-refractivity contribution in [2.24, 2.45) is 0 Å². The number of rotatable bonds is 8. The van der Waals surface area contributed by atoms with Crippen LogP contribution in [0.25, 0.3) is 11.3 Å². The highest BCUT2D eigenvalue weighted by Crippen LogP contribution is 2.24. The minimum absolute atomic E-state index is 0.0390. The number of β-amino-alcohol motifs (C(OH)–C–C–N with tert-alkyl or cyclic N) is 1. The molecule has 0 saturated heterocycles. The molecule has 0 radical (unpaired) electrons. The lowest BCUT2D eigenvalue weighted by molar-refractivity contribution is -0.134. The summed E-state index contributed by atoms with van der Waals surface area (Å²) < 4.78 is 5.65. The molecular formula is C21H27N3O6. The Kier molecular flexibility index (Phi) is 10.1. The number of aliphatic carboxylic acids is 2. The van der Waals surface area contributed by atoms with Crippen molar-refractivity contribution in [2.45, 2.75) is 32.4 Å². The first-order chi connectivity index (χ1) is 14.1. The van der Waals surface area contributed by atoms with Crippen LogP contribution in [0, 0.1) is 0 Å². The van der Waals surface area contributed by atoms with Crippen LogP contribution in [0.4, 0.5) is 0 Å². The predicted molar refractivity (Wildman–Crippen MR) is 111 cm³/mol. The van der Waals surface area contributed by atoms with Gasteiger partial charge in [-0.1, -0.05) is 30.3 Å². The fourth-order valence-electron chi connectivity index (χ4n) is 2.03. The fourth-order valence-corrected chi connectivity index (χ4v) is 2.03. The van der Waals surface area contributed by atoms with Gasteiger partial charge in [-0.05, 0) is 20.8 Å². The van der Waals surface area contributed by atoms with Gasteiger partial charge < -0.3 is 25.4 Å². The molecule has 0 unspecified atom stereocenters. The van der Waals surface area contributed by atoms with Crippen molar-refractivity contribution in [1.82, 2.24) is 15.3 Å². The number of nitrogens with one attached hydrogen (secondary N) is 1. The Balaban J connectivity index is 0.000000479. The van der Waals surface area contributed by atoms with Gasteiger partial charge in [-0.3, -0.25) is 0 Å². The smallest absolute Gasteiger partial charge is 0.328 e. The highest BCUT2D eigenvalue weighted by Gasteiger charge is 2.14. The van der Waals surface area contributed by atoms with E-state index in [1.54, 1.807) is 12.4 Å². The lowest BCUT2D eigenvalue weighted by Gasteiger charge is -2.23. The molecule has 0 bridgehead atoms. The number of aliphatic hydroxyl groups is 1. The molecule has 1 aromatic heterocycles. The molecule has 162 valence electrons. The molecule has 0 fully saturated rings. The van der Waals surface area contributed by atoms with Crippen LogP contribution < -0.4 is 10.1 Å². The lowest BCUT2D eigenvalue weighted by atomic mass is 10.1. The predicted octanol–water partition coefficient (Wildman–Crippen LogP) is 1.98. The zero-order valence-electron chi connectivity index (χ0n) is 17.1. The first-order valence-electron chi connectivity index (χ1n) is 9.14. The van der Waals surface area contributed by atoms with Crippen molar-refractivity contribution < 1.29 is 29.6 Å². The van der Waals surface area contributed by atoms with E-state index in [0.717, 1.165) is 5.56 Å². The van der Waals surface area contributed by atoms with Crippen LogP contribution in [-0.2, 0) is 9.59 Å². The summed E-state index contributed by atoms with van der Waals surface area (Å²) in [6.45, 7) is 6.79. The molecule has 2 aromatic rings. The summed E-state index contributed by atoms with van der Waals surface area (Å²) in [6.07, 6.45) is 3.73. The summed E-state index contributed by atoms with van der Waals surface area (Å²) in [7, 11) is 0. The van der Waals surface area contributed by atoms with Crippen molar-refractivity contribution in [3.05, 3.63) is 54.9 Å². The van der Waals surface area contributed by atoms with Crippen molar-refractivity contribution >= 4 is 11.9 Å². The van der Waals surface area contributed by atoms with Crippen LogP contribution in [0.1, 0.15) is 20.8 Å². The Bertz CT molecular complexity index is 818. The first-order valence-corrected chi connectivity index (χ1v) is 9.14. The maximum Gasteiger partial charge on any atom is 0.328 e. The van der Waals surface area contributed by atoms with E-state index in [1.165, 1.54) is 0 Å². The third-order valence-electron chi connectivity index (χ3n) is 3.36. The van der Waals surface area contributed by atoms with E-state index in [2.05, 4.69) is 36.1 Å². The van der Waals surface area contributed by atoms with E-state index in [4.69, 9.17) is 14.9 Å². The number of ether oxygens (including phenoxy) is 1. The molecule has 9 nitrogen and oxygen atoms in total. The van der Waals surface area contributed by atoms with Crippen LogP contribution in [-0.4, -0.2) is 62.0 Å². The monoisotopic (exact) mass is 417 g/mol. The van der Waals surface area contributed by atoms with E-state index < -0.39 is 18.0 Å². The summed E-state index contributed by atoms with van der Waals surface area (Å²) in [4.78, 5) is 27.7. The van der Waals surface area contributed by atoms with Crippen LogP contribution in [0.2, 0.25) is 0 Å². The van der Waals surface area contributed by atoms with Gasteiger partial charge in [0.15, 0.2) is 0 Å². The Labute approximate surface area is 175 Å². The van der Waals surface area contributed by atoms with Gasteiger partial charge in [-0.2, -0.15) is 0 Å². The van der Waals surface area contributed by atoms with Gasteiger partial charge in [-0.15, -0.1) is 0 Å². The summed E-state index contributed by atoms with van der Waals surface area (Å²) in [5.41, 5.74) is 1.58. The maximum atomic E-state index is 10.00. The average Bonchev–Trinajstić information content (AvgIpc) is 2.70. The van der Waals surface area contributed by atoms with E-state index >= 15 is 0 Å². The molecule has 2 rings (SSSR count). The SMILES string of the molecule is CC(C)(C)NC[C@H](O)COc1nccnc1-c1ccccc1.O=C(O)/C=C\C(=O)O. The lowest BCUT2D eigenvalue weighted by Crippen LogP contribution is -2.42. The third-order valence-corrected chi connectivity index (χ3v) is 3.36. The quantitative estimate of drug-likeness (QED) is 0.474. The van der Waals surface area contributed by atoms with Gasteiger partial charge in [0.2, 0.25) is 5.88 Å². The first kappa shape index (κ1) is 24.7. The van der Waals surface area contributed by atoms with Crippen molar-refractivity contribution in [2.75, 3.05) is 13.2 Å². The third kappa shape index (κ3) is 10.9. The van der Waals surface area contributed by atoms with Crippen molar-refractivity contribution in [3.63, 3.8) is 0 Å². The van der Waals surface area contributed by atoms with Crippen LogP contribution >= 0.6 is 0 Å². The second-order valence-corrected chi connectivity index (χ2v) is 7.18. The second-order valence-electron chi connectivity index (χ2n) is 7.18. The number of hydrogen-bond acceptors (Lipinski definition) is 7. The Morgan fingerprint density at radius 2 is 1.63 bits per heavy atom. The molecule has 1 aromatic carbocycles. The van der Waals surface area contributed by atoms with Gasteiger partial charge in [0.1, 0.15) is 18.4 Å². The zero-order valence-corrected chi connectivity index (χ0v) is 17.1. The number of carboxylic acids is 2. The van der Waals surface area contributed by atoms with Crippen LogP contribution in [0.3, 0.4) is 0 Å². The number of carbonyl (C=O) groups is 2. The van der Waals surface area contributed by atoms with Crippen LogP contribution in [0.15, 0.2) is 54.9 Å². The standard InChI is InChI=1S/C17H23N3O2.C4H4O4/c1-17(2,3)20-11-14(21)12-22-16-15(18-9-10-19-16)13-7-5-4-6-8-13;5-3(6)1-2-4(7)8/h4-10,14,20-21H,11-12H2,1-3H3;1-2H,(H,5,6)(H,7,8)/b;2-1-/t14-;/m0./s1. The number of hydrogen-bond donors (Lipinski definition) is 4. The highest BCUT2D eigenvalue weighted by molar-refractivity contribution is 5.89. The Hall–Kier alpha value is -3.30. The summed E-state index contributed by atoms with van der Waals surface area (Å²) in [5, 5.41) is 28.9. The van der Waals surface area contributed by atoms with Gasteiger partial charge in [-0.25, -0.2) is 19.6 Å². The Morgan fingerprint density at radius 1 is 1.07 bits per heavy atom. The van der Waals surface area contributed by atoms with Crippen molar-refractivity contribution in [3.8, 4) is 17.1 Å². The number of benzene rings is 1. The highest BCUT2D eigenvalue weighted by atomic mass is 16.5. The molecule has 0 aliphatic heterocycles.